The first kappa shape index (κ1) is 14.4. The molecule has 1 heterocycles. The van der Waals surface area contributed by atoms with Crippen LogP contribution in [0.4, 0.5) is 14.5 Å². The summed E-state index contributed by atoms with van der Waals surface area (Å²) in [4.78, 5) is 23.0. The van der Waals surface area contributed by atoms with Crippen LogP contribution in [0.3, 0.4) is 0 Å². The normalized spacial score (nSPS) is 21.8. The molecule has 20 heavy (non-hydrogen) atoms. The Balaban J connectivity index is 2.26. The standard InChI is InChI=1S/C13H14F2N2O3/c1-6-2-3-16-11(6)12(18)17-10-5-9(15)8(14)4-7(10)13(19)20/h4-6,11,16H,2-3H2,1H3,(H,17,18)(H,19,20). The van der Waals surface area contributed by atoms with Crippen molar-refractivity contribution in [3.8, 4) is 0 Å². The minimum Gasteiger partial charge on any atom is -0.478 e. The lowest BCUT2D eigenvalue weighted by Gasteiger charge is -2.16. The van der Waals surface area contributed by atoms with E-state index in [0.29, 0.717) is 18.7 Å². The Hall–Kier alpha value is -2.02. The molecule has 2 unspecified atom stereocenters. The van der Waals surface area contributed by atoms with E-state index in [2.05, 4.69) is 10.6 Å². The van der Waals surface area contributed by atoms with Crippen molar-refractivity contribution in [1.82, 2.24) is 5.32 Å². The predicted octanol–water partition coefficient (Wildman–Crippen LogP) is 1.60. The molecule has 1 aromatic carbocycles. The Morgan fingerprint density at radius 1 is 1.35 bits per heavy atom. The molecule has 0 aliphatic carbocycles. The minimum absolute atomic E-state index is 0.0913. The van der Waals surface area contributed by atoms with Crippen molar-refractivity contribution in [2.75, 3.05) is 11.9 Å². The Morgan fingerprint density at radius 2 is 2.00 bits per heavy atom. The zero-order valence-corrected chi connectivity index (χ0v) is 10.7. The summed E-state index contributed by atoms with van der Waals surface area (Å²) in [5.74, 6) is -4.28. The molecule has 1 fully saturated rings. The number of hydrogen-bond acceptors (Lipinski definition) is 3. The van der Waals surface area contributed by atoms with Crippen LogP contribution in [-0.2, 0) is 4.79 Å². The predicted molar refractivity (Wildman–Crippen MR) is 67.5 cm³/mol. The van der Waals surface area contributed by atoms with Crippen LogP contribution in [0, 0.1) is 17.6 Å². The van der Waals surface area contributed by atoms with Gasteiger partial charge in [-0.3, -0.25) is 4.79 Å². The lowest BCUT2D eigenvalue weighted by Crippen LogP contribution is -2.39. The first-order valence-electron chi connectivity index (χ1n) is 6.16. The van der Waals surface area contributed by atoms with Crippen LogP contribution in [0.5, 0.6) is 0 Å². The van der Waals surface area contributed by atoms with Crippen molar-refractivity contribution in [2.45, 2.75) is 19.4 Å². The van der Waals surface area contributed by atoms with Gasteiger partial charge in [0.1, 0.15) is 0 Å². The number of carboxylic acid groups (broad SMARTS) is 1. The average Bonchev–Trinajstić information content (AvgIpc) is 2.79. The van der Waals surface area contributed by atoms with E-state index >= 15 is 0 Å². The monoisotopic (exact) mass is 284 g/mol. The van der Waals surface area contributed by atoms with E-state index in [-0.39, 0.29) is 11.6 Å². The van der Waals surface area contributed by atoms with Crippen LogP contribution in [0.15, 0.2) is 12.1 Å². The van der Waals surface area contributed by atoms with Crippen LogP contribution in [0.25, 0.3) is 0 Å². The van der Waals surface area contributed by atoms with E-state index in [4.69, 9.17) is 5.11 Å². The van der Waals surface area contributed by atoms with Crippen LogP contribution >= 0.6 is 0 Å². The van der Waals surface area contributed by atoms with Gasteiger partial charge in [-0.25, -0.2) is 13.6 Å². The molecule has 0 spiro atoms. The fraction of sp³-hybridized carbons (Fsp3) is 0.385. The van der Waals surface area contributed by atoms with Crippen LogP contribution in [-0.4, -0.2) is 29.6 Å². The zero-order chi connectivity index (χ0) is 14.9. The van der Waals surface area contributed by atoms with Crippen molar-refractivity contribution in [2.24, 2.45) is 5.92 Å². The van der Waals surface area contributed by atoms with Gasteiger partial charge in [0.15, 0.2) is 11.6 Å². The van der Waals surface area contributed by atoms with E-state index in [1.807, 2.05) is 6.92 Å². The van der Waals surface area contributed by atoms with Gasteiger partial charge in [0.25, 0.3) is 0 Å². The molecular formula is C13H14F2N2O3. The van der Waals surface area contributed by atoms with Gasteiger partial charge < -0.3 is 15.7 Å². The van der Waals surface area contributed by atoms with Gasteiger partial charge >= 0.3 is 5.97 Å². The SMILES string of the molecule is CC1CCNC1C(=O)Nc1cc(F)c(F)cc1C(=O)O. The molecule has 0 radical (unpaired) electrons. The number of benzene rings is 1. The van der Waals surface area contributed by atoms with Crippen molar-refractivity contribution in [1.29, 1.82) is 0 Å². The molecule has 0 saturated carbocycles. The van der Waals surface area contributed by atoms with E-state index < -0.39 is 35.1 Å². The quantitative estimate of drug-likeness (QED) is 0.787. The zero-order valence-electron chi connectivity index (χ0n) is 10.7. The molecule has 3 N–H and O–H groups in total. The van der Waals surface area contributed by atoms with Crippen LogP contribution in [0.2, 0.25) is 0 Å². The third kappa shape index (κ3) is 2.77. The number of carboxylic acids is 1. The number of anilines is 1. The number of nitrogens with one attached hydrogen (secondary N) is 2. The topological polar surface area (TPSA) is 78.4 Å². The molecule has 1 aliphatic heterocycles. The molecule has 0 bridgehead atoms. The summed E-state index contributed by atoms with van der Waals surface area (Å²) < 4.78 is 26.2. The summed E-state index contributed by atoms with van der Waals surface area (Å²) in [6.07, 6.45) is 0.821. The van der Waals surface area contributed by atoms with Gasteiger partial charge in [0, 0.05) is 6.07 Å². The second-order valence-corrected chi connectivity index (χ2v) is 4.80. The highest BCUT2D eigenvalue weighted by molar-refractivity contribution is 6.02. The Morgan fingerprint density at radius 3 is 2.55 bits per heavy atom. The number of amides is 1. The largest absolute Gasteiger partial charge is 0.478 e. The first-order chi connectivity index (χ1) is 9.40. The minimum atomic E-state index is -1.44. The number of rotatable bonds is 3. The Bertz CT molecular complexity index is 563. The summed E-state index contributed by atoms with van der Waals surface area (Å²) >= 11 is 0. The number of hydrogen-bond donors (Lipinski definition) is 3. The van der Waals surface area contributed by atoms with Crippen LogP contribution in [0.1, 0.15) is 23.7 Å². The molecule has 0 aromatic heterocycles. The highest BCUT2D eigenvalue weighted by Gasteiger charge is 2.30. The molecule has 7 heteroatoms. The first-order valence-corrected chi connectivity index (χ1v) is 6.16. The maximum absolute atomic E-state index is 13.2. The van der Waals surface area contributed by atoms with Gasteiger partial charge in [0.2, 0.25) is 5.91 Å². The summed E-state index contributed by atoms with van der Waals surface area (Å²) in [5.41, 5.74) is -0.731. The van der Waals surface area contributed by atoms with Gasteiger partial charge in [-0.15, -0.1) is 0 Å². The van der Waals surface area contributed by atoms with Gasteiger partial charge in [-0.05, 0) is 24.9 Å². The fourth-order valence-corrected chi connectivity index (χ4v) is 2.22. The maximum Gasteiger partial charge on any atom is 0.337 e. The van der Waals surface area contributed by atoms with Crippen LogP contribution < -0.4 is 10.6 Å². The third-order valence-electron chi connectivity index (χ3n) is 3.36. The second kappa shape index (κ2) is 5.54. The molecule has 2 atom stereocenters. The molecule has 5 nitrogen and oxygen atoms in total. The van der Waals surface area contributed by atoms with Gasteiger partial charge in [-0.1, -0.05) is 6.92 Å². The lowest BCUT2D eigenvalue weighted by atomic mass is 10.0. The number of aromatic carboxylic acids is 1. The highest BCUT2D eigenvalue weighted by Crippen LogP contribution is 2.22. The third-order valence-corrected chi connectivity index (χ3v) is 3.36. The molecule has 1 saturated heterocycles. The van der Waals surface area contributed by atoms with E-state index in [1.54, 1.807) is 0 Å². The smallest absolute Gasteiger partial charge is 0.337 e. The number of carbonyl (C=O) groups is 2. The molecule has 1 amide bonds. The van der Waals surface area contributed by atoms with E-state index in [1.165, 1.54) is 0 Å². The van der Waals surface area contributed by atoms with Gasteiger partial charge in [0.05, 0.1) is 17.3 Å². The number of halogens is 2. The molecule has 1 aromatic rings. The summed E-state index contributed by atoms with van der Waals surface area (Å²) in [5, 5.41) is 14.3. The summed E-state index contributed by atoms with van der Waals surface area (Å²) in [7, 11) is 0. The van der Waals surface area contributed by atoms with Crippen molar-refractivity contribution < 1.29 is 23.5 Å². The molecule has 2 rings (SSSR count). The van der Waals surface area contributed by atoms with Crippen molar-refractivity contribution in [3.63, 3.8) is 0 Å². The highest BCUT2D eigenvalue weighted by atomic mass is 19.2. The Labute approximate surface area is 114 Å². The molecule has 1 aliphatic rings. The fourth-order valence-electron chi connectivity index (χ4n) is 2.22. The second-order valence-electron chi connectivity index (χ2n) is 4.80. The average molecular weight is 284 g/mol. The maximum atomic E-state index is 13.2. The summed E-state index contributed by atoms with van der Waals surface area (Å²) in [6, 6.07) is 0.763. The van der Waals surface area contributed by atoms with Crippen molar-refractivity contribution >= 4 is 17.6 Å². The Kier molecular flexibility index (Phi) is 3.99. The summed E-state index contributed by atoms with van der Waals surface area (Å²) in [6.45, 7) is 2.57. The lowest BCUT2D eigenvalue weighted by molar-refractivity contribution is -0.118. The number of carbonyl (C=O) groups excluding carboxylic acids is 1. The van der Waals surface area contributed by atoms with Crippen molar-refractivity contribution in [3.05, 3.63) is 29.3 Å². The molecular weight excluding hydrogens is 270 g/mol. The molecule has 108 valence electrons. The van der Waals surface area contributed by atoms with E-state index in [9.17, 15) is 18.4 Å². The van der Waals surface area contributed by atoms with E-state index in [0.717, 1.165) is 6.42 Å². The van der Waals surface area contributed by atoms with Gasteiger partial charge in [-0.2, -0.15) is 0 Å².